The predicted molar refractivity (Wildman–Crippen MR) is 68.3 cm³/mol. The molecule has 0 fully saturated rings. The second-order valence-electron chi connectivity index (χ2n) is 5.19. The Hall–Kier alpha value is -1.53. The molecule has 1 aliphatic heterocycles. The maximum Gasteiger partial charge on any atom is 0.295 e. The minimum absolute atomic E-state index is 0.0785. The van der Waals surface area contributed by atoms with Crippen molar-refractivity contribution in [3.8, 4) is 11.5 Å². The van der Waals surface area contributed by atoms with E-state index in [1.807, 2.05) is 13.8 Å². The van der Waals surface area contributed by atoms with Crippen molar-refractivity contribution in [1.82, 2.24) is 4.98 Å². The molecule has 0 saturated carbocycles. The molecule has 2 heterocycles. The molecule has 2 N–H and O–H groups in total. The molecule has 2 rings (SSSR count). The lowest BCUT2D eigenvalue weighted by molar-refractivity contribution is -0.280. The molecule has 0 bridgehead atoms. The highest BCUT2D eigenvalue weighted by molar-refractivity contribution is 5.41. The second-order valence-corrected chi connectivity index (χ2v) is 5.19. The van der Waals surface area contributed by atoms with Crippen LogP contribution < -0.4 is 15.0 Å². The van der Waals surface area contributed by atoms with Gasteiger partial charge < -0.3 is 24.3 Å². The number of H-pyrrole nitrogens is 1. The van der Waals surface area contributed by atoms with Crippen molar-refractivity contribution in [3.05, 3.63) is 22.1 Å². The smallest absolute Gasteiger partial charge is 0.295 e. The van der Waals surface area contributed by atoms with E-state index >= 15 is 0 Å². The molecule has 0 aliphatic carbocycles. The number of hydrogen-bond donors (Lipinski definition) is 2. The van der Waals surface area contributed by atoms with Gasteiger partial charge in [0.05, 0.1) is 0 Å². The third-order valence-corrected chi connectivity index (χ3v) is 2.97. The SMILES string of the molecule is CO[C@](O)(CC(C)C)[C@H]1Oc2cc(C)[nH]c(=O)c2O1. The Labute approximate surface area is 111 Å². The summed E-state index contributed by atoms with van der Waals surface area (Å²) < 4.78 is 16.0. The van der Waals surface area contributed by atoms with Gasteiger partial charge in [-0.2, -0.15) is 0 Å². The maximum absolute atomic E-state index is 11.7. The summed E-state index contributed by atoms with van der Waals surface area (Å²) in [7, 11) is 1.38. The Kier molecular flexibility index (Phi) is 3.56. The van der Waals surface area contributed by atoms with Crippen LogP contribution in [0.15, 0.2) is 10.9 Å². The molecule has 2 atom stereocenters. The fourth-order valence-electron chi connectivity index (χ4n) is 2.14. The molecular formula is C13H19NO5. The van der Waals surface area contributed by atoms with Gasteiger partial charge in [0.15, 0.2) is 5.75 Å². The molecule has 6 nitrogen and oxygen atoms in total. The van der Waals surface area contributed by atoms with Gasteiger partial charge in [-0.15, -0.1) is 0 Å². The minimum Gasteiger partial charge on any atom is -0.445 e. The molecule has 0 aromatic carbocycles. The van der Waals surface area contributed by atoms with Crippen LogP contribution in [0, 0.1) is 12.8 Å². The van der Waals surface area contributed by atoms with Gasteiger partial charge >= 0.3 is 0 Å². The van der Waals surface area contributed by atoms with Crippen LogP contribution in [0.25, 0.3) is 0 Å². The molecule has 0 spiro atoms. The summed E-state index contributed by atoms with van der Waals surface area (Å²) in [6.45, 7) is 5.64. The molecule has 1 aromatic heterocycles. The lowest BCUT2D eigenvalue weighted by Crippen LogP contribution is -2.50. The largest absolute Gasteiger partial charge is 0.445 e. The van der Waals surface area contributed by atoms with E-state index < -0.39 is 12.1 Å². The van der Waals surface area contributed by atoms with E-state index in [0.717, 1.165) is 0 Å². The number of fused-ring (bicyclic) bond motifs is 1. The summed E-state index contributed by atoms with van der Waals surface area (Å²) in [5, 5.41) is 10.4. The fourth-order valence-corrected chi connectivity index (χ4v) is 2.14. The second kappa shape index (κ2) is 4.86. The molecule has 0 unspecified atom stereocenters. The number of aromatic amines is 1. The maximum atomic E-state index is 11.7. The van der Waals surface area contributed by atoms with Crippen molar-refractivity contribution in [2.24, 2.45) is 5.92 Å². The van der Waals surface area contributed by atoms with Gasteiger partial charge in [-0.1, -0.05) is 13.8 Å². The van der Waals surface area contributed by atoms with Gasteiger partial charge in [-0.05, 0) is 12.8 Å². The van der Waals surface area contributed by atoms with Gasteiger partial charge in [0.1, 0.15) is 0 Å². The van der Waals surface area contributed by atoms with Crippen LogP contribution >= 0.6 is 0 Å². The van der Waals surface area contributed by atoms with Crippen LogP contribution in [-0.4, -0.2) is 29.3 Å². The van der Waals surface area contributed by atoms with Gasteiger partial charge in [0.25, 0.3) is 11.8 Å². The average molecular weight is 269 g/mol. The summed E-state index contributed by atoms with van der Waals surface area (Å²) in [4.78, 5) is 14.4. The first-order valence-electron chi connectivity index (χ1n) is 6.20. The predicted octanol–water partition coefficient (Wildman–Crippen LogP) is 1.16. The van der Waals surface area contributed by atoms with E-state index in [-0.39, 0.29) is 17.2 Å². The third kappa shape index (κ3) is 2.59. The molecular weight excluding hydrogens is 250 g/mol. The van der Waals surface area contributed by atoms with Gasteiger partial charge in [0, 0.05) is 25.3 Å². The molecule has 1 aromatic rings. The number of aromatic nitrogens is 1. The first kappa shape index (κ1) is 13.9. The number of hydrogen-bond acceptors (Lipinski definition) is 5. The summed E-state index contributed by atoms with van der Waals surface area (Å²) >= 11 is 0. The average Bonchev–Trinajstić information content (AvgIpc) is 2.72. The lowest BCUT2D eigenvalue weighted by Gasteiger charge is -2.31. The van der Waals surface area contributed by atoms with E-state index in [1.165, 1.54) is 7.11 Å². The van der Waals surface area contributed by atoms with E-state index in [1.54, 1.807) is 13.0 Å². The number of aliphatic hydroxyl groups is 1. The summed E-state index contributed by atoms with van der Waals surface area (Å²) in [5.74, 6) is -1.01. The van der Waals surface area contributed by atoms with Crippen molar-refractivity contribution in [2.75, 3.05) is 7.11 Å². The number of aryl methyl sites for hydroxylation is 1. The monoisotopic (exact) mass is 269 g/mol. The Morgan fingerprint density at radius 1 is 1.53 bits per heavy atom. The van der Waals surface area contributed by atoms with Crippen LogP contribution in [0.4, 0.5) is 0 Å². The van der Waals surface area contributed by atoms with E-state index in [0.29, 0.717) is 17.9 Å². The van der Waals surface area contributed by atoms with Crippen LogP contribution in [-0.2, 0) is 4.74 Å². The van der Waals surface area contributed by atoms with E-state index in [4.69, 9.17) is 14.2 Å². The summed E-state index contributed by atoms with van der Waals surface area (Å²) in [6, 6.07) is 1.65. The van der Waals surface area contributed by atoms with E-state index in [2.05, 4.69) is 4.98 Å². The summed E-state index contributed by atoms with van der Waals surface area (Å²) in [5.41, 5.74) is 0.290. The standard InChI is InChI=1S/C13H19NO5/c1-7(2)6-13(16,17-4)12-18-9-5-8(3)14-11(15)10(9)19-12/h5,7,12,16H,6H2,1-4H3,(H,14,15)/t12-,13+/m0/s1. The fraction of sp³-hybridized carbons (Fsp3) is 0.615. The highest BCUT2D eigenvalue weighted by atomic mass is 16.8. The first-order valence-corrected chi connectivity index (χ1v) is 6.20. The minimum atomic E-state index is -1.59. The first-order chi connectivity index (χ1) is 8.85. The zero-order valence-corrected chi connectivity index (χ0v) is 11.5. The molecule has 1 aliphatic rings. The van der Waals surface area contributed by atoms with Crippen molar-refractivity contribution >= 4 is 0 Å². The zero-order valence-electron chi connectivity index (χ0n) is 11.5. The van der Waals surface area contributed by atoms with Crippen molar-refractivity contribution in [3.63, 3.8) is 0 Å². The zero-order chi connectivity index (χ0) is 14.2. The highest BCUT2D eigenvalue weighted by Crippen LogP contribution is 2.37. The highest BCUT2D eigenvalue weighted by Gasteiger charge is 2.46. The Morgan fingerprint density at radius 2 is 2.21 bits per heavy atom. The number of methoxy groups -OCH3 is 1. The van der Waals surface area contributed by atoms with Crippen molar-refractivity contribution < 1.29 is 19.3 Å². The Bertz CT molecular complexity index is 524. The number of pyridine rings is 1. The quantitative estimate of drug-likeness (QED) is 0.802. The van der Waals surface area contributed by atoms with Crippen LogP contribution in [0.1, 0.15) is 26.0 Å². The number of rotatable bonds is 4. The van der Waals surface area contributed by atoms with E-state index in [9.17, 15) is 9.90 Å². The number of nitrogens with one attached hydrogen (secondary N) is 1. The molecule has 0 amide bonds. The number of ether oxygens (including phenoxy) is 3. The van der Waals surface area contributed by atoms with Gasteiger partial charge in [-0.3, -0.25) is 4.79 Å². The third-order valence-electron chi connectivity index (χ3n) is 2.97. The van der Waals surface area contributed by atoms with Gasteiger partial charge in [-0.25, -0.2) is 0 Å². The molecule has 0 radical (unpaired) electrons. The topological polar surface area (TPSA) is 80.8 Å². The normalized spacial score (nSPS) is 20.6. The molecule has 106 valence electrons. The summed E-state index contributed by atoms with van der Waals surface area (Å²) in [6.07, 6.45) is -0.711. The van der Waals surface area contributed by atoms with Crippen LogP contribution in [0.2, 0.25) is 0 Å². The van der Waals surface area contributed by atoms with Crippen LogP contribution in [0.5, 0.6) is 11.5 Å². The van der Waals surface area contributed by atoms with Crippen molar-refractivity contribution in [2.45, 2.75) is 39.3 Å². The molecule has 19 heavy (non-hydrogen) atoms. The molecule has 0 saturated heterocycles. The van der Waals surface area contributed by atoms with Gasteiger partial charge in [0.2, 0.25) is 11.5 Å². The van der Waals surface area contributed by atoms with Crippen molar-refractivity contribution in [1.29, 1.82) is 0 Å². The Balaban J connectivity index is 2.28. The lowest BCUT2D eigenvalue weighted by atomic mass is 10.0. The Morgan fingerprint density at radius 3 is 2.79 bits per heavy atom. The molecule has 6 heteroatoms. The van der Waals surface area contributed by atoms with Crippen LogP contribution in [0.3, 0.4) is 0 Å².